The van der Waals surface area contributed by atoms with Gasteiger partial charge in [0.1, 0.15) is 17.1 Å². The maximum atomic E-state index is 13.1. The van der Waals surface area contributed by atoms with E-state index in [9.17, 15) is 4.79 Å². The minimum Gasteiger partial charge on any atom is -0.497 e. The Morgan fingerprint density at radius 1 is 1.19 bits per heavy atom. The number of hydrogen-bond acceptors (Lipinski definition) is 4. The monoisotopic (exact) mass is 422 g/mol. The van der Waals surface area contributed by atoms with Crippen LogP contribution >= 0.6 is 0 Å². The number of methoxy groups -OCH3 is 1. The number of fused-ring (bicyclic) bond motifs is 1. The second-order valence-corrected chi connectivity index (χ2v) is 9.57. The third kappa shape index (κ3) is 5.21. The summed E-state index contributed by atoms with van der Waals surface area (Å²) in [6, 6.07) is 14.5. The summed E-state index contributed by atoms with van der Waals surface area (Å²) in [5.41, 5.74) is 3.32. The highest BCUT2D eigenvalue weighted by molar-refractivity contribution is 5.79. The lowest BCUT2D eigenvalue weighted by molar-refractivity contribution is -0.127. The molecule has 31 heavy (non-hydrogen) atoms. The van der Waals surface area contributed by atoms with E-state index < -0.39 is 0 Å². The Hall–Kier alpha value is -2.53. The average Bonchev–Trinajstić information content (AvgIpc) is 2.73. The number of aryl methyl sites for hydroxylation is 1. The molecule has 4 rings (SSSR count). The Kier molecular flexibility index (Phi) is 6.24. The number of nitrogens with one attached hydrogen (secondary N) is 1. The highest BCUT2D eigenvalue weighted by Crippen LogP contribution is 2.41. The van der Waals surface area contributed by atoms with Crippen molar-refractivity contribution in [3.63, 3.8) is 0 Å². The Morgan fingerprint density at radius 3 is 2.68 bits per heavy atom. The molecule has 1 N–H and O–H groups in total. The topological polar surface area (TPSA) is 50.8 Å². The molecular weight excluding hydrogens is 388 g/mol. The van der Waals surface area contributed by atoms with E-state index in [0.717, 1.165) is 56.0 Å². The zero-order chi connectivity index (χ0) is 22.0. The maximum Gasteiger partial charge on any atom is 0.223 e. The number of likely N-dealkylation sites (tertiary alicyclic amines) is 1. The summed E-state index contributed by atoms with van der Waals surface area (Å²) in [7, 11) is 1.66. The molecule has 2 aromatic rings. The van der Waals surface area contributed by atoms with Crippen LogP contribution in [0.15, 0.2) is 42.5 Å². The average molecular weight is 423 g/mol. The van der Waals surface area contributed by atoms with Crippen LogP contribution in [0.25, 0.3) is 0 Å². The van der Waals surface area contributed by atoms with E-state index in [-0.39, 0.29) is 23.5 Å². The fourth-order valence-electron chi connectivity index (χ4n) is 4.80. The molecule has 2 heterocycles. The molecule has 0 saturated carbocycles. The highest BCUT2D eigenvalue weighted by atomic mass is 16.5. The van der Waals surface area contributed by atoms with E-state index in [1.165, 1.54) is 11.1 Å². The minimum absolute atomic E-state index is 0.0633. The van der Waals surface area contributed by atoms with E-state index in [1.807, 2.05) is 18.2 Å². The van der Waals surface area contributed by atoms with Crippen molar-refractivity contribution in [1.82, 2.24) is 10.2 Å². The van der Waals surface area contributed by atoms with Crippen molar-refractivity contribution >= 4 is 5.91 Å². The van der Waals surface area contributed by atoms with Crippen LogP contribution in [-0.2, 0) is 11.3 Å². The molecular formula is C26H34N2O3. The molecule has 0 radical (unpaired) electrons. The van der Waals surface area contributed by atoms with E-state index in [1.54, 1.807) is 7.11 Å². The van der Waals surface area contributed by atoms with Crippen LogP contribution in [0.4, 0.5) is 0 Å². The van der Waals surface area contributed by atoms with Gasteiger partial charge >= 0.3 is 0 Å². The van der Waals surface area contributed by atoms with Crippen molar-refractivity contribution in [3.05, 3.63) is 59.2 Å². The number of carbonyl (C=O) groups excluding carboxylic acids is 1. The molecule has 0 aliphatic carbocycles. The fraction of sp³-hybridized carbons (Fsp3) is 0.500. The number of ether oxygens (including phenoxy) is 2. The molecule has 5 heteroatoms. The van der Waals surface area contributed by atoms with Gasteiger partial charge in [-0.05, 0) is 70.5 Å². The number of piperidine rings is 1. The van der Waals surface area contributed by atoms with Gasteiger partial charge < -0.3 is 14.8 Å². The van der Waals surface area contributed by atoms with E-state index >= 15 is 0 Å². The Balaban J connectivity index is 1.38. The minimum atomic E-state index is -0.323. The summed E-state index contributed by atoms with van der Waals surface area (Å²) in [5, 5.41) is 3.33. The van der Waals surface area contributed by atoms with Gasteiger partial charge in [0.25, 0.3) is 0 Å². The van der Waals surface area contributed by atoms with E-state index in [2.05, 4.69) is 55.3 Å². The number of carbonyl (C=O) groups is 1. The van der Waals surface area contributed by atoms with Gasteiger partial charge in [-0.25, -0.2) is 0 Å². The molecule has 0 aromatic heterocycles. The number of hydrogen-bond donors (Lipinski definition) is 1. The summed E-state index contributed by atoms with van der Waals surface area (Å²) >= 11 is 0. The number of nitrogens with zero attached hydrogens (tertiary/aromatic N) is 1. The Bertz CT molecular complexity index is 932. The van der Waals surface area contributed by atoms with Gasteiger partial charge in [0.15, 0.2) is 0 Å². The first-order valence-electron chi connectivity index (χ1n) is 11.3. The maximum absolute atomic E-state index is 13.1. The van der Waals surface area contributed by atoms with Gasteiger partial charge in [0.05, 0.1) is 13.2 Å². The van der Waals surface area contributed by atoms with Gasteiger partial charge in [-0.3, -0.25) is 9.69 Å². The first-order chi connectivity index (χ1) is 14.8. The number of rotatable bonds is 5. The van der Waals surface area contributed by atoms with Crippen molar-refractivity contribution < 1.29 is 14.3 Å². The molecule has 2 aliphatic rings. The lowest BCUT2D eigenvalue weighted by Gasteiger charge is -2.39. The van der Waals surface area contributed by atoms with E-state index in [4.69, 9.17) is 9.47 Å². The highest BCUT2D eigenvalue weighted by Gasteiger charge is 2.36. The van der Waals surface area contributed by atoms with Gasteiger partial charge in [0, 0.05) is 24.4 Å². The zero-order valence-electron chi connectivity index (χ0n) is 19.1. The molecule has 1 saturated heterocycles. The molecule has 0 unspecified atom stereocenters. The first-order valence-corrected chi connectivity index (χ1v) is 11.3. The predicted molar refractivity (Wildman–Crippen MR) is 122 cm³/mol. The molecule has 5 nitrogen and oxygen atoms in total. The van der Waals surface area contributed by atoms with Crippen LogP contribution in [-0.4, -0.2) is 36.6 Å². The van der Waals surface area contributed by atoms with E-state index in [0.29, 0.717) is 0 Å². The summed E-state index contributed by atoms with van der Waals surface area (Å²) < 4.78 is 11.5. The van der Waals surface area contributed by atoms with Crippen LogP contribution in [0.5, 0.6) is 11.5 Å². The number of benzene rings is 2. The molecule has 0 bridgehead atoms. The molecule has 2 aliphatic heterocycles. The molecule has 1 atom stereocenters. The van der Waals surface area contributed by atoms with Gasteiger partial charge in [-0.15, -0.1) is 0 Å². The molecule has 0 spiro atoms. The predicted octanol–water partition coefficient (Wildman–Crippen LogP) is 4.63. The molecule has 1 fully saturated rings. The van der Waals surface area contributed by atoms with Crippen molar-refractivity contribution in [2.75, 3.05) is 20.2 Å². The standard InChI is InChI=1S/C26H34N2O3/c1-18-6-5-7-19(14-18)17-28-12-10-20(11-13-28)25(29)27-23-16-26(2,3)31-24-9-8-21(30-4)15-22(23)24/h5-9,14-15,20,23H,10-13,16-17H2,1-4H3,(H,27,29)/t23-/m0/s1. The van der Waals surface area contributed by atoms with Crippen LogP contribution in [0, 0.1) is 12.8 Å². The van der Waals surface area contributed by atoms with Gasteiger partial charge in [-0.2, -0.15) is 0 Å². The van der Waals surface area contributed by atoms with Crippen molar-refractivity contribution in [2.24, 2.45) is 5.92 Å². The summed E-state index contributed by atoms with van der Waals surface area (Å²) in [4.78, 5) is 15.6. The largest absolute Gasteiger partial charge is 0.497 e. The van der Waals surface area contributed by atoms with Crippen molar-refractivity contribution in [2.45, 2.75) is 58.2 Å². The third-order valence-electron chi connectivity index (χ3n) is 6.44. The normalized spacial score (nSPS) is 21.1. The molecule has 166 valence electrons. The smallest absolute Gasteiger partial charge is 0.223 e. The van der Waals surface area contributed by atoms with Gasteiger partial charge in [0.2, 0.25) is 5.91 Å². The zero-order valence-corrected chi connectivity index (χ0v) is 19.1. The van der Waals surface area contributed by atoms with Crippen LogP contribution < -0.4 is 14.8 Å². The molecule has 1 amide bonds. The Labute approximate surface area is 185 Å². The fourth-order valence-corrected chi connectivity index (χ4v) is 4.80. The lowest BCUT2D eigenvalue weighted by Crippen LogP contribution is -2.45. The van der Waals surface area contributed by atoms with Crippen LogP contribution in [0.1, 0.15) is 55.8 Å². The Morgan fingerprint density at radius 2 is 1.97 bits per heavy atom. The SMILES string of the molecule is COc1ccc2c(c1)[C@@H](NC(=O)C1CCN(Cc3cccc(C)c3)CC1)CC(C)(C)O2. The van der Waals surface area contributed by atoms with Crippen LogP contribution in [0.3, 0.4) is 0 Å². The first kappa shape index (κ1) is 21.7. The van der Waals surface area contributed by atoms with Gasteiger partial charge in [-0.1, -0.05) is 29.8 Å². The van der Waals surface area contributed by atoms with Crippen LogP contribution in [0.2, 0.25) is 0 Å². The molecule has 2 aromatic carbocycles. The second kappa shape index (κ2) is 8.91. The summed E-state index contributed by atoms with van der Waals surface area (Å²) in [6.07, 6.45) is 2.54. The quantitative estimate of drug-likeness (QED) is 0.763. The van der Waals surface area contributed by atoms with Crippen molar-refractivity contribution in [3.8, 4) is 11.5 Å². The number of amides is 1. The second-order valence-electron chi connectivity index (χ2n) is 9.57. The summed E-state index contributed by atoms with van der Waals surface area (Å²) in [5.74, 6) is 1.83. The summed E-state index contributed by atoms with van der Waals surface area (Å²) in [6.45, 7) is 9.14. The third-order valence-corrected chi connectivity index (χ3v) is 6.44. The lowest BCUT2D eigenvalue weighted by atomic mass is 9.88. The van der Waals surface area contributed by atoms with Crippen molar-refractivity contribution in [1.29, 1.82) is 0 Å².